The monoisotopic (exact) mass is 333 g/mol. The van der Waals surface area contributed by atoms with E-state index < -0.39 is 0 Å². The lowest BCUT2D eigenvalue weighted by Gasteiger charge is -2.37. The number of aromatic nitrogens is 3. The van der Waals surface area contributed by atoms with Crippen molar-refractivity contribution in [3.63, 3.8) is 0 Å². The zero-order valence-corrected chi connectivity index (χ0v) is 15.8. The average molecular weight is 334 g/mol. The van der Waals surface area contributed by atoms with Crippen molar-refractivity contribution in [1.29, 1.82) is 0 Å². The van der Waals surface area contributed by atoms with Crippen LogP contribution >= 0.6 is 0 Å². The smallest absolute Gasteiger partial charge is 0.141 e. The SMILES string of the molecule is CC(C)Cn1ncnc1CN1CCC[C@@H](CN2CCC(C)CC2)C1. The molecule has 0 aliphatic carbocycles. The Kier molecular flexibility index (Phi) is 6.28. The van der Waals surface area contributed by atoms with Crippen LogP contribution in [0.1, 0.15) is 52.3 Å². The molecule has 1 aromatic heterocycles. The van der Waals surface area contributed by atoms with E-state index in [-0.39, 0.29) is 0 Å². The van der Waals surface area contributed by atoms with E-state index in [1.54, 1.807) is 6.33 Å². The summed E-state index contributed by atoms with van der Waals surface area (Å²) in [4.78, 5) is 9.81. The van der Waals surface area contributed by atoms with E-state index in [4.69, 9.17) is 0 Å². The highest BCUT2D eigenvalue weighted by Gasteiger charge is 2.25. The van der Waals surface area contributed by atoms with Crippen molar-refractivity contribution in [1.82, 2.24) is 24.6 Å². The van der Waals surface area contributed by atoms with Crippen molar-refractivity contribution in [3.05, 3.63) is 12.2 Å². The van der Waals surface area contributed by atoms with Crippen molar-refractivity contribution in [2.45, 2.75) is 59.5 Å². The van der Waals surface area contributed by atoms with Crippen LogP contribution < -0.4 is 0 Å². The third-order valence-corrected chi connectivity index (χ3v) is 5.59. The second-order valence-electron chi connectivity index (χ2n) is 8.48. The third-order valence-electron chi connectivity index (χ3n) is 5.59. The molecule has 0 unspecified atom stereocenters. The molecule has 3 rings (SSSR count). The molecule has 1 atom stereocenters. The molecule has 24 heavy (non-hydrogen) atoms. The minimum atomic E-state index is 0.612. The quantitative estimate of drug-likeness (QED) is 0.802. The average Bonchev–Trinajstić information content (AvgIpc) is 2.96. The summed E-state index contributed by atoms with van der Waals surface area (Å²) >= 11 is 0. The van der Waals surface area contributed by atoms with Crippen LogP contribution in [0.2, 0.25) is 0 Å². The summed E-state index contributed by atoms with van der Waals surface area (Å²) in [5.74, 6) is 3.50. The molecular formula is C19H35N5. The zero-order chi connectivity index (χ0) is 16.9. The fraction of sp³-hybridized carbons (Fsp3) is 0.895. The third kappa shape index (κ3) is 5.03. The standard InChI is InChI=1S/C19H35N5/c1-16(2)11-24-19(20-15-21-24)14-23-8-4-5-18(13-23)12-22-9-6-17(3)7-10-22/h15-18H,4-14H2,1-3H3/t18-/m0/s1. The van der Waals surface area contributed by atoms with Crippen molar-refractivity contribution in [3.8, 4) is 0 Å². The molecule has 0 radical (unpaired) electrons. The first-order chi connectivity index (χ1) is 11.6. The highest BCUT2D eigenvalue weighted by molar-refractivity contribution is 4.87. The Hall–Kier alpha value is -0.940. The number of rotatable bonds is 6. The predicted octanol–water partition coefficient (Wildman–Crippen LogP) is 2.88. The zero-order valence-electron chi connectivity index (χ0n) is 15.8. The van der Waals surface area contributed by atoms with Crippen molar-refractivity contribution in [2.75, 3.05) is 32.7 Å². The van der Waals surface area contributed by atoms with Crippen LogP contribution in [0.25, 0.3) is 0 Å². The molecule has 5 heteroatoms. The summed E-state index contributed by atoms with van der Waals surface area (Å²) < 4.78 is 2.10. The van der Waals surface area contributed by atoms with Gasteiger partial charge < -0.3 is 4.90 Å². The summed E-state index contributed by atoms with van der Waals surface area (Å²) in [5, 5.41) is 4.41. The topological polar surface area (TPSA) is 37.2 Å². The van der Waals surface area contributed by atoms with Gasteiger partial charge in [0, 0.05) is 19.6 Å². The van der Waals surface area contributed by atoms with Crippen LogP contribution in [0, 0.1) is 17.8 Å². The van der Waals surface area contributed by atoms with E-state index in [1.165, 1.54) is 58.4 Å². The Balaban J connectivity index is 1.49. The summed E-state index contributed by atoms with van der Waals surface area (Å²) in [6, 6.07) is 0. The lowest BCUT2D eigenvalue weighted by molar-refractivity contribution is 0.106. The largest absolute Gasteiger partial charge is 0.303 e. The first-order valence-corrected chi connectivity index (χ1v) is 9.91. The van der Waals surface area contributed by atoms with Gasteiger partial charge in [0.1, 0.15) is 12.2 Å². The maximum atomic E-state index is 4.51. The van der Waals surface area contributed by atoms with Crippen LogP contribution in [-0.2, 0) is 13.1 Å². The van der Waals surface area contributed by atoms with Gasteiger partial charge >= 0.3 is 0 Å². The Bertz CT molecular complexity index is 490. The van der Waals surface area contributed by atoms with Crippen LogP contribution in [0.3, 0.4) is 0 Å². The Labute approximate surface area is 147 Å². The maximum absolute atomic E-state index is 4.51. The van der Waals surface area contributed by atoms with E-state index in [0.29, 0.717) is 5.92 Å². The van der Waals surface area contributed by atoms with E-state index in [9.17, 15) is 0 Å². The van der Waals surface area contributed by atoms with Crippen molar-refractivity contribution in [2.24, 2.45) is 17.8 Å². The number of nitrogens with zero attached hydrogens (tertiary/aromatic N) is 5. The van der Waals surface area contributed by atoms with Gasteiger partial charge in [-0.1, -0.05) is 20.8 Å². The van der Waals surface area contributed by atoms with Gasteiger partial charge in [-0.2, -0.15) is 5.10 Å². The maximum Gasteiger partial charge on any atom is 0.141 e. The normalized spacial score (nSPS) is 24.8. The van der Waals surface area contributed by atoms with Gasteiger partial charge in [-0.15, -0.1) is 0 Å². The van der Waals surface area contributed by atoms with Gasteiger partial charge in [-0.05, 0) is 63.1 Å². The fourth-order valence-corrected chi connectivity index (χ4v) is 4.16. The molecule has 1 aromatic rings. The molecular weight excluding hydrogens is 298 g/mol. The van der Waals surface area contributed by atoms with Crippen LogP contribution in [0.4, 0.5) is 0 Å². The van der Waals surface area contributed by atoms with Gasteiger partial charge in [0.05, 0.1) is 6.54 Å². The molecule has 3 heterocycles. The molecule has 2 aliphatic rings. The lowest BCUT2D eigenvalue weighted by atomic mass is 9.94. The molecule has 0 spiro atoms. The number of hydrogen-bond donors (Lipinski definition) is 0. The Morgan fingerprint density at radius 3 is 2.67 bits per heavy atom. The second kappa shape index (κ2) is 8.43. The summed E-state index contributed by atoms with van der Waals surface area (Å²) in [6.07, 6.45) is 7.20. The molecule has 5 nitrogen and oxygen atoms in total. The number of piperidine rings is 2. The number of hydrogen-bond acceptors (Lipinski definition) is 4. The van der Waals surface area contributed by atoms with Gasteiger partial charge in [-0.25, -0.2) is 9.67 Å². The first kappa shape index (κ1) is 17.9. The second-order valence-corrected chi connectivity index (χ2v) is 8.48. The summed E-state index contributed by atoms with van der Waals surface area (Å²) in [7, 11) is 0. The molecule has 2 fully saturated rings. The summed E-state index contributed by atoms with van der Waals surface area (Å²) in [6.45, 7) is 15.1. The van der Waals surface area contributed by atoms with Crippen LogP contribution in [-0.4, -0.2) is 57.3 Å². The van der Waals surface area contributed by atoms with Crippen molar-refractivity contribution >= 4 is 0 Å². The Morgan fingerprint density at radius 2 is 1.92 bits per heavy atom. The minimum Gasteiger partial charge on any atom is -0.303 e. The molecule has 0 N–H and O–H groups in total. The lowest BCUT2D eigenvalue weighted by Crippen LogP contribution is -2.43. The van der Waals surface area contributed by atoms with Gasteiger partial charge in [0.15, 0.2) is 0 Å². The van der Waals surface area contributed by atoms with Crippen LogP contribution in [0.5, 0.6) is 0 Å². The highest BCUT2D eigenvalue weighted by atomic mass is 15.3. The Morgan fingerprint density at radius 1 is 1.12 bits per heavy atom. The number of likely N-dealkylation sites (tertiary alicyclic amines) is 2. The molecule has 136 valence electrons. The fourth-order valence-electron chi connectivity index (χ4n) is 4.16. The van der Waals surface area contributed by atoms with E-state index in [2.05, 4.69) is 45.3 Å². The van der Waals surface area contributed by atoms with Gasteiger partial charge in [0.2, 0.25) is 0 Å². The van der Waals surface area contributed by atoms with Crippen molar-refractivity contribution < 1.29 is 0 Å². The van der Waals surface area contributed by atoms with Gasteiger partial charge in [-0.3, -0.25) is 4.90 Å². The predicted molar refractivity (Wildman–Crippen MR) is 97.7 cm³/mol. The molecule has 2 saturated heterocycles. The first-order valence-electron chi connectivity index (χ1n) is 9.91. The summed E-state index contributed by atoms with van der Waals surface area (Å²) in [5.41, 5.74) is 0. The minimum absolute atomic E-state index is 0.612. The van der Waals surface area contributed by atoms with E-state index >= 15 is 0 Å². The molecule has 2 aliphatic heterocycles. The molecule has 0 aromatic carbocycles. The highest BCUT2D eigenvalue weighted by Crippen LogP contribution is 2.22. The molecule has 0 saturated carbocycles. The van der Waals surface area contributed by atoms with Crippen LogP contribution in [0.15, 0.2) is 6.33 Å². The van der Waals surface area contributed by atoms with Gasteiger partial charge in [0.25, 0.3) is 0 Å². The molecule has 0 amide bonds. The van der Waals surface area contributed by atoms with E-state index in [1.807, 2.05) is 0 Å². The molecule has 0 bridgehead atoms. The van der Waals surface area contributed by atoms with E-state index in [0.717, 1.165) is 30.7 Å².